The van der Waals surface area contributed by atoms with Gasteiger partial charge in [0.05, 0.1) is 24.3 Å². The molecular weight excluding hydrogens is 608 g/mol. The van der Waals surface area contributed by atoms with Crippen LogP contribution in [0.2, 0.25) is 5.02 Å². The number of hydrogen-bond acceptors (Lipinski definition) is 8. The van der Waals surface area contributed by atoms with Gasteiger partial charge < -0.3 is 20.1 Å². The topological polar surface area (TPSA) is 102 Å². The Morgan fingerprint density at radius 2 is 1.62 bits per heavy atom. The number of nitrogens with zero attached hydrogens (tertiary/aromatic N) is 2. The second-order valence-corrected chi connectivity index (χ2v) is 12.3. The van der Waals surface area contributed by atoms with Crippen LogP contribution in [0, 0.1) is 0 Å². The molecular formula is C35H37ClN4O4S. The van der Waals surface area contributed by atoms with Crippen LogP contribution in [-0.2, 0) is 27.1 Å². The number of carbonyl (C=O) groups excluding carboxylic acids is 2. The predicted molar refractivity (Wildman–Crippen MR) is 177 cm³/mol. The molecule has 3 heterocycles. The number of halogens is 1. The molecule has 2 aromatic heterocycles. The van der Waals surface area contributed by atoms with E-state index in [9.17, 15) is 9.59 Å². The molecule has 8 nitrogen and oxygen atoms in total. The van der Waals surface area contributed by atoms with Gasteiger partial charge in [0.2, 0.25) is 0 Å². The van der Waals surface area contributed by atoms with Crippen molar-refractivity contribution in [3.63, 3.8) is 0 Å². The molecule has 1 aliphatic rings. The van der Waals surface area contributed by atoms with Crippen LogP contribution in [0.25, 0.3) is 0 Å². The third kappa shape index (κ3) is 9.14. The molecule has 2 aromatic carbocycles. The molecule has 1 fully saturated rings. The van der Waals surface area contributed by atoms with Crippen molar-refractivity contribution >= 4 is 35.2 Å². The fraction of sp³-hybridized carbons (Fsp3) is 0.314. The third-order valence-electron chi connectivity index (χ3n) is 7.77. The largest absolute Gasteiger partial charge is 0.453 e. The highest BCUT2D eigenvalue weighted by molar-refractivity contribution is 7.99. The third-order valence-corrected chi connectivity index (χ3v) is 9.32. The van der Waals surface area contributed by atoms with Gasteiger partial charge in [-0.3, -0.25) is 9.78 Å². The van der Waals surface area contributed by atoms with Crippen LogP contribution in [0.5, 0.6) is 0 Å². The van der Waals surface area contributed by atoms with Crippen molar-refractivity contribution in [2.75, 3.05) is 26.0 Å². The first kappa shape index (κ1) is 32.6. The normalized spacial score (nSPS) is 17.0. The number of ether oxygens (including phenoxy) is 2. The van der Waals surface area contributed by atoms with Gasteiger partial charge in [0.1, 0.15) is 11.1 Å². The Morgan fingerprint density at radius 3 is 2.31 bits per heavy atom. The summed E-state index contributed by atoms with van der Waals surface area (Å²) >= 11 is 7.86. The van der Waals surface area contributed by atoms with Gasteiger partial charge in [-0.1, -0.05) is 78.3 Å². The molecule has 0 saturated carbocycles. The monoisotopic (exact) mass is 644 g/mol. The molecule has 0 aliphatic carbocycles. The highest BCUT2D eigenvalue weighted by Crippen LogP contribution is 2.30. The summed E-state index contributed by atoms with van der Waals surface area (Å²) in [6.45, 7) is 1.50. The Bertz CT molecular complexity index is 1510. The molecule has 0 radical (unpaired) electrons. The van der Waals surface area contributed by atoms with E-state index in [0.29, 0.717) is 11.4 Å². The number of amides is 1. The maximum absolute atomic E-state index is 14.1. The Kier molecular flexibility index (Phi) is 12.0. The first-order chi connectivity index (χ1) is 22.0. The van der Waals surface area contributed by atoms with Gasteiger partial charge in [-0.05, 0) is 47.7 Å². The number of pyridine rings is 2. The second-order valence-electron chi connectivity index (χ2n) is 10.8. The summed E-state index contributed by atoms with van der Waals surface area (Å²) in [5.41, 5.74) is 3.52. The number of hydrogen-bond donors (Lipinski definition) is 2. The minimum Gasteiger partial charge on any atom is -0.453 e. The molecule has 1 amide bonds. The van der Waals surface area contributed by atoms with Crippen molar-refractivity contribution in [1.29, 1.82) is 0 Å². The van der Waals surface area contributed by atoms with Crippen molar-refractivity contribution in [3.05, 3.63) is 125 Å². The van der Waals surface area contributed by atoms with E-state index in [-0.39, 0.29) is 24.4 Å². The molecule has 2 N–H and O–H groups in total. The van der Waals surface area contributed by atoms with Crippen molar-refractivity contribution in [2.24, 2.45) is 0 Å². The number of rotatable bonds is 13. The van der Waals surface area contributed by atoms with E-state index < -0.39 is 18.1 Å². The number of thioether (sulfide) groups is 1. The number of benzene rings is 2. The number of morpholine rings is 1. The van der Waals surface area contributed by atoms with Crippen LogP contribution in [0.3, 0.4) is 0 Å². The van der Waals surface area contributed by atoms with E-state index in [0.717, 1.165) is 52.7 Å². The summed E-state index contributed by atoms with van der Waals surface area (Å²) in [6, 6.07) is 26.1. The minimum absolute atomic E-state index is 0.00314. The van der Waals surface area contributed by atoms with E-state index in [1.165, 1.54) is 7.11 Å². The highest BCUT2D eigenvalue weighted by Gasteiger charge is 2.33. The minimum atomic E-state index is -0.855. The van der Waals surface area contributed by atoms with E-state index in [1.807, 2.05) is 84.9 Å². The smallest absolute Gasteiger partial charge is 0.407 e. The van der Waals surface area contributed by atoms with Crippen LogP contribution < -0.4 is 10.6 Å². The Balaban J connectivity index is 1.28. The van der Waals surface area contributed by atoms with Gasteiger partial charge >= 0.3 is 6.09 Å². The number of aromatic nitrogens is 2. The quantitative estimate of drug-likeness (QED) is 0.174. The number of nitrogens with one attached hydrogen (secondary N) is 2. The van der Waals surface area contributed by atoms with E-state index in [4.69, 9.17) is 21.1 Å². The van der Waals surface area contributed by atoms with Crippen LogP contribution in [-0.4, -0.2) is 66.0 Å². The van der Waals surface area contributed by atoms with Gasteiger partial charge in [-0.25, -0.2) is 9.78 Å². The molecule has 0 unspecified atom stereocenters. The predicted octanol–water partition coefficient (Wildman–Crippen LogP) is 5.88. The fourth-order valence-electron chi connectivity index (χ4n) is 5.58. The Labute approximate surface area is 273 Å². The molecule has 1 saturated heterocycles. The molecule has 5 rings (SSSR count). The number of ketones is 1. The molecule has 234 valence electrons. The summed E-state index contributed by atoms with van der Waals surface area (Å²) in [5, 5.41) is 7.77. The Hall–Kier alpha value is -3.76. The zero-order valence-corrected chi connectivity index (χ0v) is 26.7. The van der Waals surface area contributed by atoms with Crippen molar-refractivity contribution in [3.8, 4) is 0 Å². The lowest BCUT2D eigenvalue weighted by atomic mass is 9.81. The fourth-order valence-corrected chi connectivity index (χ4v) is 6.74. The Morgan fingerprint density at radius 1 is 0.956 bits per heavy atom. The summed E-state index contributed by atoms with van der Waals surface area (Å²) in [4.78, 5) is 35.7. The highest BCUT2D eigenvalue weighted by atomic mass is 35.5. The number of alkyl carbamates (subject to hydrolysis) is 1. The van der Waals surface area contributed by atoms with E-state index in [1.54, 1.807) is 24.2 Å². The molecule has 0 spiro atoms. The first-order valence-corrected chi connectivity index (χ1v) is 16.4. The number of carbonyl (C=O) groups is 2. The molecule has 45 heavy (non-hydrogen) atoms. The van der Waals surface area contributed by atoms with Crippen LogP contribution >= 0.6 is 23.4 Å². The van der Waals surface area contributed by atoms with E-state index >= 15 is 0 Å². The van der Waals surface area contributed by atoms with Crippen molar-refractivity contribution in [2.45, 2.75) is 48.5 Å². The zero-order chi connectivity index (χ0) is 31.4. The van der Waals surface area contributed by atoms with Crippen LogP contribution in [0.15, 0.2) is 102 Å². The number of methoxy groups -OCH3 is 1. The molecule has 0 bridgehead atoms. The van der Waals surface area contributed by atoms with E-state index in [2.05, 4.69) is 20.6 Å². The second kappa shape index (κ2) is 16.5. The zero-order valence-electron chi connectivity index (χ0n) is 25.1. The standard InChI is InChI=1S/C35H37ClN4O4S/c1-43-35(42)40-33(32(24-10-4-2-5-11-24)25-12-6-3-7-13-25)31(41)20-26-14-8-18-38-30(26)17-16-27-21-37-22-28(44-27)23-45-34-29(36)15-9-19-39-34/h2-15,18-19,27-28,32-33,37H,16-17,20-23H2,1H3,(H,40,42)/t27-,28+,33-/m1/s1. The average molecular weight is 645 g/mol. The lowest BCUT2D eigenvalue weighted by Gasteiger charge is -2.31. The van der Waals surface area contributed by atoms with Gasteiger partial charge in [-0.2, -0.15) is 0 Å². The molecule has 4 aromatic rings. The average Bonchev–Trinajstić information content (AvgIpc) is 3.08. The van der Waals surface area contributed by atoms with Gasteiger partial charge in [0, 0.05) is 49.3 Å². The lowest BCUT2D eigenvalue weighted by Crippen LogP contribution is -2.46. The van der Waals surface area contributed by atoms with Gasteiger partial charge in [0.15, 0.2) is 5.78 Å². The van der Waals surface area contributed by atoms with Crippen LogP contribution in [0.4, 0.5) is 4.79 Å². The summed E-state index contributed by atoms with van der Waals surface area (Å²) in [7, 11) is 1.30. The maximum atomic E-state index is 14.1. The first-order valence-electron chi connectivity index (χ1n) is 15.0. The van der Waals surface area contributed by atoms with Gasteiger partial charge in [0.25, 0.3) is 0 Å². The summed E-state index contributed by atoms with van der Waals surface area (Å²) in [6.07, 6.45) is 4.37. The lowest BCUT2D eigenvalue weighted by molar-refractivity contribution is -0.120. The molecule has 1 aliphatic heterocycles. The number of aryl methyl sites for hydroxylation is 1. The summed E-state index contributed by atoms with van der Waals surface area (Å²) in [5.74, 6) is 0.201. The van der Waals surface area contributed by atoms with Crippen molar-refractivity contribution in [1.82, 2.24) is 20.6 Å². The van der Waals surface area contributed by atoms with Crippen molar-refractivity contribution < 1.29 is 19.1 Å². The SMILES string of the molecule is COC(=O)N[C@H](C(=O)Cc1cccnc1CC[C@@H]1CNC[C@@H](CSc2ncccc2Cl)O1)C(c1ccccc1)c1ccccc1. The number of Topliss-reactive ketones (excluding diaryl/α,β-unsaturated/α-hetero) is 1. The molecule has 3 atom stereocenters. The summed E-state index contributed by atoms with van der Waals surface area (Å²) < 4.78 is 11.3. The van der Waals surface area contributed by atoms with Gasteiger partial charge in [-0.15, -0.1) is 11.8 Å². The molecule has 10 heteroatoms. The maximum Gasteiger partial charge on any atom is 0.407 e. The van der Waals surface area contributed by atoms with Crippen LogP contribution in [0.1, 0.15) is 34.7 Å².